The van der Waals surface area contributed by atoms with Gasteiger partial charge >= 0.3 is 0 Å². The highest BCUT2D eigenvalue weighted by Gasteiger charge is 2.19. The second-order valence-corrected chi connectivity index (χ2v) is 15.5. The monoisotopic (exact) mass is 732 g/mol. The molecule has 0 nitrogen and oxygen atoms in total. The summed E-state index contributed by atoms with van der Waals surface area (Å²) in [5, 5.41) is 17.9. The van der Waals surface area contributed by atoms with E-state index in [0.29, 0.717) is 0 Å². The van der Waals surface area contributed by atoms with Crippen LogP contribution in [0.2, 0.25) is 0 Å². The summed E-state index contributed by atoms with van der Waals surface area (Å²) >= 11 is 0. The van der Waals surface area contributed by atoms with Crippen LogP contribution in [-0.2, 0) is 0 Å². The van der Waals surface area contributed by atoms with Crippen LogP contribution in [0.15, 0.2) is 218 Å². The normalized spacial score (nSPS) is 11.8. The van der Waals surface area contributed by atoms with Crippen molar-refractivity contribution in [3.63, 3.8) is 0 Å². The summed E-state index contributed by atoms with van der Waals surface area (Å²) in [6.07, 6.45) is 0. The summed E-state index contributed by atoms with van der Waals surface area (Å²) in [7, 11) is 0. The Hall–Kier alpha value is -7.54. The van der Waals surface area contributed by atoms with Crippen molar-refractivity contribution in [1.29, 1.82) is 0 Å². The van der Waals surface area contributed by atoms with E-state index in [9.17, 15) is 0 Å². The maximum absolute atomic E-state index is 2.46. The Balaban J connectivity index is 1.17. The van der Waals surface area contributed by atoms with Gasteiger partial charge in [-0.05, 0) is 132 Å². The third-order valence-electron chi connectivity index (χ3n) is 12.4. The number of hydrogen-bond donors (Lipinski definition) is 0. The average molecular weight is 733 g/mol. The molecule has 12 aromatic carbocycles. The van der Waals surface area contributed by atoms with Gasteiger partial charge in [-0.3, -0.25) is 0 Å². The predicted molar refractivity (Wildman–Crippen MR) is 251 cm³/mol. The van der Waals surface area contributed by atoms with E-state index in [2.05, 4.69) is 218 Å². The fourth-order valence-corrected chi connectivity index (χ4v) is 9.87. The summed E-state index contributed by atoms with van der Waals surface area (Å²) in [6.45, 7) is 0. The highest BCUT2D eigenvalue weighted by atomic mass is 14.2. The van der Waals surface area contributed by atoms with Crippen LogP contribution in [0, 0.1) is 0 Å². The van der Waals surface area contributed by atoms with Crippen LogP contribution < -0.4 is 0 Å². The van der Waals surface area contributed by atoms with Crippen LogP contribution >= 0.6 is 0 Å². The van der Waals surface area contributed by atoms with E-state index < -0.39 is 0 Å². The van der Waals surface area contributed by atoms with Gasteiger partial charge in [0.25, 0.3) is 0 Å². The zero-order chi connectivity index (χ0) is 38.2. The molecule has 0 amide bonds. The maximum atomic E-state index is 2.46. The van der Waals surface area contributed by atoms with Crippen molar-refractivity contribution in [3.05, 3.63) is 218 Å². The Morgan fingerprint density at radius 1 is 0.172 bits per heavy atom. The molecule has 268 valence electrons. The van der Waals surface area contributed by atoms with Gasteiger partial charge in [-0.25, -0.2) is 0 Å². The van der Waals surface area contributed by atoms with E-state index in [1.807, 2.05) is 0 Å². The lowest BCUT2D eigenvalue weighted by Gasteiger charge is -2.19. The van der Waals surface area contributed by atoms with Crippen LogP contribution in [0.4, 0.5) is 0 Å². The van der Waals surface area contributed by atoms with Gasteiger partial charge in [0.1, 0.15) is 0 Å². The number of fused-ring (bicyclic) bond motifs is 13. The summed E-state index contributed by atoms with van der Waals surface area (Å²) in [6, 6.07) is 80.9. The van der Waals surface area contributed by atoms with Crippen molar-refractivity contribution in [2.45, 2.75) is 0 Å². The topological polar surface area (TPSA) is 0 Å². The molecule has 0 N–H and O–H groups in total. The molecule has 0 saturated heterocycles. The first-order valence-corrected chi connectivity index (χ1v) is 20.2. The SMILES string of the molecule is c1ccc(-c2cccc3ccccc23)c(-c2ccc3c4ccc(-c5ccccc5-c5cccc6ccccc56)cc4c4c5ccccc5c5ccccc5c4c3c2)c1. The largest absolute Gasteiger partial charge is 0.0616 e. The lowest BCUT2D eigenvalue weighted by atomic mass is 9.84. The third kappa shape index (κ3) is 4.95. The number of benzene rings is 12. The van der Waals surface area contributed by atoms with E-state index in [4.69, 9.17) is 0 Å². The van der Waals surface area contributed by atoms with Gasteiger partial charge in [0.05, 0.1) is 0 Å². The second-order valence-electron chi connectivity index (χ2n) is 15.5. The molecule has 0 saturated carbocycles. The van der Waals surface area contributed by atoms with Gasteiger partial charge < -0.3 is 0 Å². The summed E-state index contributed by atoms with van der Waals surface area (Å²) in [4.78, 5) is 0. The molecule has 0 bridgehead atoms. The van der Waals surface area contributed by atoms with Gasteiger partial charge in [0.2, 0.25) is 0 Å². The minimum atomic E-state index is 1.22. The highest BCUT2D eigenvalue weighted by Crippen LogP contribution is 2.47. The van der Waals surface area contributed by atoms with Crippen molar-refractivity contribution < 1.29 is 0 Å². The van der Waals surface area contributed by atoms with Crippen LogP contribution in [0.5, 0.6) is 0 Å². The lowest BCUT2D eigenvalue weighted by molar-refractivity contribution is 1.61. The number of hydrogen-bond acceptors (Lipinski definition) is 0. The first kappa shape index (κ1) is 32.7. The molecule has 0 heteroatoms. The first-order chi connectivity index (χ1) is 28.8. The van der Waals surface area contributed by atoms with E-state index in [-0.39, 0.29) is 0 Å². The summed E-state index contributed by atoms with van der Waals surface area (Å²) in [5.41, 5.74) is 9.90. The zero-order valence-corrected chi connectivity index (χ0v) is 31.8. The highest BCUT2D eigenvalue weighted by molar-refractivity contribution is 6.40. The fraction of sp³-hybridized carbons (Fsp3) is 0. The Labute approximate surface area is 336 Å². The molecule has 0 atom stereocenters. The zero-order valence-electron chi connectivity index (χ0n) is 31.8. The molecule has 0 radical (unpaired) electrons. The molecule has 58 heavy (non-hydrogen) atoms. The van der Waals surface area contributed by atoms with Crippen molar-refractivity contribution in [1.82, 2.24) is 0 Å². The molecule has 12 aromatic rings. The van der Waals surface area contributed by atoms with Gasteiger partial charge in [-0.2, -0.15) is 0 Å². The second kappa shape index (κ2) is 13.0. The molecule has 0 unspecified atom stereocenters. The molecule has 0 fully saturated rings. The van der Waals surface area contributed by atoms with Crippen LogP contribution in [0.25, 0.3) is 120 Å². The van der Waals surface area contributed by atoms with Crippen LogP contribution in [0.3, 0.4) is 0 Å². The van der Waals surface area contributed by atoms with Gasteiger partial charge in [-0.15, -0.1) is 0 Å². The average Bonchev–Trinajstić information content (AvgIpc) is 3.30. The van der Waals surface area contributed by atoms with Gasteiger partial charge in [0, 0.05) is 0 Å². The summed E-state index contributed by atoms with van der Waals surface area (Å²) in [5.74, 6) is 0. The predicted octanol–water partition coefficient (Wildman–Crippen LogP) is 16.4. The van der Waals surface area contributed by atoms with Crippen LogP contribution in [0.1, 0.15) is 0 Å². The Morgan fingerprint density at radius 2 is 0.483 bits per heavy atom. The lowest BCUT2D eigenvalue weighted by Crippen LogP contribution is -1.91. The third-order valence-corrected chi connectivity index (χ3v) is 12.4. The Morgan fingerprint density at radius 3 is 0.931 bits per heavy atom. The molecule has 0 aliphatic carbocycles. The fourth-order valence-electron chi connectivity index (χ4n) is 9.87. The smallest absolute Gasteiger partial charge is 0.00137 e. The van der Waals surface area contributed by atoms with Crippen molar-refractivity contribution >= 4 is 75.4 Å². The minimum absolute atomic E-state index is 1.22. The Bertz CT molecular complexity index is 3370. The maximum Gasteiger partial charge on any atom is -0.00137 e. The number of rotatable bonds is 4. The van der Waals surface area contributed by atoms with Crippen molar-refractivity contribution in [3.8, 4) is 44.5 Å². The van der Waals surface area contributed by atoms with Gasteiger partial charge in [-0.1, -0.05) is 206 Å². The standard InChI is InChI=1S/C58H36/c1-3-19-41-37(15-1)17-13-29-47(41)45-23-7-5-21-43(45)39-31-33-51-52-34-32-40(44-22-6-8-24-46(44)48-30-14-18-38-16-2-4-20-42(38)48)36-56(52)58-54-28-12-10-26-50(54)49-25-9-11-27-53(49)57(58)55(51)35-39/h1-36H. The van der Waals surface area contributed by atoms with Crippen molar-refractivity contribution in [2.24, 2.45) is 0 Å². The molecular formula is C58H36. The van der Waals surface area contributed by atoms with E-state index in [0.717, 1.165) is 0 Å². The molecule has 0 aliphatic heterocycles. The van der Waals surface area contributed by atoms with E-state index in [1.54, 1.807) is 0 Å². The van der Waals surface area contributed by atoms with Gasteiger partial charge in [0.15, 0.2) is 0 Å². The molecule has 0 aromatic heterocycles. The molecule has 12 rings (SSSR count). The van der Waals surface area contributed by atoms with E-state index in [1.165, 1.54) is 120 Å². The quantitative estimate of drug-likeness (QED) is 0.158. The minimum Gasteiger partial charge on any atom is -0.0616 e. The first-order valence-electron chi connectivity index (χ1n) is 20.2. The molecule has 0 aliphatic rings. The molecule has 0 heterocycles. The summed E-state index contributed by atoms with van der Waals surface area (Å²) < 4.78 is 0. The Kier molecular flexibility index (Phi) is 7.33. The van der Waals surface area contributed by atoms with Crippen LogP contribution in [-0.4, -0.2) is 0 Å². The molecule has 0 spiro atoms. The molecular weight excluding hydrogens is 697 g/mol. The van der Waals surface area contributed by atoms with E-state index >= 15 is 0 Å². The van der Waals surface area contributed by atoms with Crippen molar-refractivity contribution in [2.75, 3.05) is 0 Å².